The summed E-state index contributed by atoms with van der Waals surface area (Å²) < 4.78 is 10.9. The maximum absolute atomic E-state index is 12.4. The van der Waals surface area contributed by atoms with Crippen molar-refractivity contribution in [3.63, 3.8) is 0 Å². The van der Waals surface area contributed by atoms with Crippen LogP contribution in [0.3, 0.4) is 0 Å². The van der Waals surface area contributed by atoms with Gasteiger partial charge in [-0.05, 0) is 67.3 Å². The molecular weight excluding hydrogens is 531 g/mol. The van der Waals surface area contributed by atoms with Crippen LogP contribution in [0.2, 0.25) is 10.0 Å². The van der Waals surface area contributed by atoms with Crippen LogP contribution in [-0.2, 0) is 14.4 Å². The number of hydrogen-bond donors (Lipinski definition) is 3. The van der Waals surface area contributed by atoms with Crippen molar-refractivity contribution in [1.29, 1.82) is 0 Å². The Morgan fingerprint density at radius 1 is 0.921 bits per heavy atom. The SMILES string of the molecule is COc1cc(/C=N\NC(=O)C(=O)Nc2c(C)cccc2C)cc(Cl)c1OCC(=O)Nc1cc(Cl)ccc1C. The third-order valence-corrected chi connectivity index (χ3v) is 5.89. The van der Waals surface area contributed by atoms with Crippen molar-refractivity contribution in [3.8, 4) is 11.5 Å². The lowest BCUT2D eigenvalue weighted by atomic mass is 10.1. The predicted molar refractivity (Wildman–Crippen MR) is 149 cm³/mol. The van der Waals surface area contributed by atoms with Gasteiger partial charge in [0.15, 0.2) is 18.1 Å². The van der Waals surface area contributed by atoms with Gasteiger partial charge in [0.25, 0.3) is 5.91 Å². The first-order valence-electron chi connectivity index (χ1n) is 11.4. The van der Waals surface area contributed by atoms with Crippen LogP contribution < -0.4 is 25.5 Å². The highest BCUT2D eigenvalue weighted by Gasteiger charge is 2.16. The van der Waals surface area contributed by atoms with Gasteiger partial charge in [-0.3, -0.25) is 14.4 Å². The van der Waals surface area contributed by atoms with Crippen LogP contribution in [-0.4, -0.2) is 37.7 Å². The third-order valence-electron chi connectivity index (χ3n) is 5.38. The van der Waals surface area contributed by atoms with Crippen molar-refractivity contribution in [2.45, 2.75) is 20.8 Å². The Bertz CT molecular complexity index is 1390. The highest BCUT2D eigenvalue weighted by atomic mass is 35.5. The molecule has 198 valence electrons. The molecular formula is C27H26Cl2N4O5. The van der Waals surface area contributed by atoms with Gasteiger partial charge in [-0.1, -0.05) is 47.5 Å². The lowest BCUT2D eigenvalue weighted by Crippen LogP contribution is -2.32. The normalized spacial score (nSPS) is 10.7. The Morgan fingerprint density at radius 2 is 1.63 bits per heavy atom. The molecule has 0 fully saturated rings. The van der Waals surface area contributed by atoms with E-state index >= 15 is 0 Å². The molecule has 38 heavy (non-hydrogen) atoms. The van der Waals surface area contributed by atoms with E-state index in [0.717, 1.165) is 16.7 Å². The predicted octanol–water partition coefficient (Wildman–Crippen LogP) is 5.03. The van der Waals surface area contributed by atoms with E-state index in [9.17, 15) is 14.4 Å². The zero-order valence-electron chi connectivity index (χ0n) is 21.1. The second-order valence-corrected chi connectivity index (χ2v) is 9.09. The van der Waals surface area contributed by atoms with Crippen LogP contribution in [0.25, 0.3) is 0 Å². The molecule has 0 radical (unpaired) electrons. The third kappa shape index (κ3) is 7.47. The van der Waals surface area contributed by atoms with Crippen LogP contribution in [0.15, 0.2) is 53.6 Å². The summed E-state index contributed by atoms with van der Waals surface area (Å²) in [5, 5.41) is 9.77. The Kier molecular flexibility index (Phi) is 9.70. The van der Waals surface area contributed by atoms with Crippen LogP contribution in [0, 0.1) is 20.8 Å². The number of hydrazone groups is 1. The van der Waals surface area contributed by atoms with Gasteiger partial charge in [-0.15, -0.1) is 0 Å². The van der Waals surface area contributed by atoms with Gasteiger partial charge in [0.2, 0.25) is 0 Å². The fourth-order valence-corrected chi connectivity index (χ4v) is 3.85. The number of ether oxygens (including phenoxy) is 2. The number of aryl methyl sites for hydroxylation is 3. The molecule has 0 saturated carbocycles. The molecule has 0 aliphatic carbocycles. The van der Waals surface area contributed by atoms with E-state index in [1.807, 2.05) is 39.0 Å². The van der Waals surface area contributed by atoms with E-state index in [1.54, 1.807) is 24.3 Å². The van der Waals surface area contributed by atoms with Gasteiger partial charge in [0.1, 0.15) is 0 Å². The number of halogens is 2. The van der Waals surface area contributed by atoms with Crippen molar-refractivity contribution < 1.29 is 23.9 Å². The number of amides is 3. The number of hydrogen-bond acceptors (Lipinski definition) is 6. The quantitative estimate of drug-likeness (QED) is 0.204. The molecule has 0 spiro atoms. The highest BCUT2D eigenvalue weighted by Crippen LogP contribution is 2.36. The topological polar surface area (TPSA) is 118 Å². The first-order valence-corrected chi connectivity index (χ1v) is 12.1. The maximum atomic E-state index is 12.4. The fraction of sp³-hybridized carbons (Fsp3) is 0.185. The van der Waals surface area contributed by atoms with E-state index in [-0.39, 0.29) is 23.1 Å². The Labute approximate surface area is 230 Å². The number of methoxy groups -OCH3 is 1. The monoisotopic (exact) mass is 556 g/mol. The van der Waals surface area contributed by atoms with E-state index < -0.39 is 17.7 Å². The first-order chi connectivity index (χ1) is 18.1. The highest BCUT2D eigenvalue weighted by molar-refractivity contribution is 6.39. The lowest BCUT2D eigenvalue weighted by Gasteiger charge is -2.14. The van der Waals surface area contributed by atoms with Crippen LogP contribution >= 0.6 is 23.2 Å². The Balaban J connectivity index is 1.61. The molecule has 0 aliphatic rings. The molecule has 0 heterocycles. The van der Waals surface area contributed by atoms with Gasteiger partial charge in [-0.2, -0.15) is 5.10 Å². The van der Waals surface area contributed by atoms with E-state index in [1.165, 1.54) is 19.4 Å². The van der Waals surface area contributed by atoms with E-state index in [0.29, 0.717) is 22.0 Å². The number of carbonyl (C=O) groups is 3. The minimum absolute atomic E-state index is 0.150. The Morgan fingerprint density at radius 3 is 2.32 bits per heavy atom. The van der Waals surface area contributed by atoms with Crippen molar-refractivity contribution in [1.82, 2.24) is 5.43 Å². The summed E-state index contributed by atoms with van der Waals surface area (Å²) in [5.74, 6) is -1.82. The average Bonchev–Trinajstić information content (AvgIpc) is 2.87. The number of nitrogens with zero attached hydrogens (tertiary/aromatic N) is 1. The zero-order valence-corrected chi connectivity index (χ0v) is 22.7. The molecule has 3 aromatic carbocycles. The molecule has 0 saturated heterocycles. The molecule has 0 aliphatic heterocycles. The van der Waals surface area contributed by atoms with Gasteiger partial charge in [-0.25, -0.2) is 5.43 Å². The molecule has 3 amide bonds. The van der Waals surface area contributed by atoms with Crippen molar-refractivity contribution in [2.24, 2.45) is 5.10 Å². The first kappa shape index (κ1) is 28.5. The molecule has 3 N–H and O–H groups in total. The summed E-state index contributed by atoms with van der Waals surface area (Å²) in [7, 11) is 1.41. The van der Waals surface area contributed by atoms with Gasteiger partial charge < -0.3 is 20.1 Å². The molecule has 0 bridgehead atoms. The summed E-state index contributed by atoms with van der Waals surface area (Å²) in [6, 6.07) is 13.7. The molecule has 0 aromatic heterocycles. The number of para-hydroxylation sites is 1. The number of benzene rings is 3. The zero-order chi connectivity index (χ0) is 27.8. The van der Waals surface area contributed by atoms with Gasteiger partial charge in [0, 0.05) is 16.4 Å². The summed E-state index contributed by atoms with van der Waals surface area (Å²) in [6.07, 6.45) is 1.29. The fourth-order valence-electron chi connectivity index (χ4n) is 3.41. The molecule has 11 heteroatoms. The summed E-state index contributed by atoms with van der Waals surface area (Å²) in [4.78, 5) is 36.8. The second-order valence-electron chi connectivity index (χ2n) is 8.25. The number of rotatable bonds is 8. The molecule has 9 nitrogen and oxygen atoms in total. The lowest BCUT2D eigenvalue weighted by molar-refractivity contribution is -0.136. The number of anilines is 2. The summed E-state index contributed by atoms with van der Waals surface area (Å²) in [6.45, 7) is 5.17. The molecule has 3 aromatic rings. The standard InChI is InChI=1S/C27H26Cl2N4O5/c1-15-8-9-19(28)12-21(15)31-23(34)14-38-25-20(29)10-18(11-22(25)37-4)13-30-33-27(36)26(35)32-24-16(2)6-5-7-17(24)3/h5-13H,14H2,1-4H3,(H,31,34)(H,32,35)(H,33,36)/b30-13-. The number of nitrogens with one attached hydrogen (secondary N) is 3. The smallest absolute Gasteiger partial charge is 0.329 e. The van der Waals surface area contributed by atoms with E-state index in [2.05, 4.69) is 21.2 Å². The van der Waals surface area contributed by atoms with Crippen LogP contribution in [0.5, 0.6) is 11.5 Å². The summed E-state index contributed by atoms with van der Waals surface area (Å²) in [5.41, 5.74) is 6.27. The van der Waals surface area contributed by atoms with Gasteiger partial charge >= 0.3 is 11.8 Å². The van der Waals surface area contributed by atoms with Crippen molar-refractivity contribution in [3.05, 3.63) is 80.8 Å². The second kappa shape index (κ2) is 12.9. The minimum Gasteiger partial charge on any atom is -0.493 e. The molecule has 0 atom stereocenters. The van der Waals surface area contributed by atoms with Gasteiger partial charge in [0.05, 0.1) is 18.3 Å². The maximum Gasteiger partial charge on any atom is 0.329 e. The minimum atomic E-state index is -0.942. The number of carbonyl (C=O) groups excluding carboxylic acids is 3. The Hall–Kier alpha value is -4.08. The molecule has 0 unspecified atom stereocenters. The van der Waals surface area contributed by atoms with Crippen molar-refractivity contribution >= 4 is 58.5 Å². The summed E-state index contributed by atoms with van der Waals surface area (Å²) >= 11 is 12.3. The van der Waals surface area contributed by atoms with Crippen LogP contribution in [0.4, 0.5) is 11.4 Å². The van der Waals surface area contributed by atoms with Crippen LogP contribution in [0.1, 0.15) is 22.3 Å². The molecule has 3 rings (SSSR count). The average molecular weight is 557 g/mol. The van der Waals surface area contributed by atoms with E-state index in [4.69, 9.17) is 32.7 Å². The largest absolute Gasteiger partial charge is 0.493 e. The van der Waals surface area contributed by atoms with Crippen molar-refractivity contribution in [2.75, 3.05) is 24.4 Å².